The number of methoxy groups -OCH3 is 3. The maximum absolute atomic E-state index is 12.7. The number of rotatable bonds is 6. The fourth-order valence-corrected chi connectivity index (χ4v) is 2.32. The largest absolute Gasteiger partial charge is 0.493 e. The van der Waals surface area contributed by atoms with Crippen LogP contribution in [0, 0.1) is 0 Å². The molecule has 0 amide bonds. The van der Waals surface area contributed by atoms with E-state index in [9.17, 15) is 9.90 Å². The van der Waals surface area contributed by atoms with Crippen LogP contribution < -0.4 is 14.2 Å². The summed E-state index contributed by atoms with van der Waals surface area (Å²) in [6, 6.07) is 10.1. The molecule has 0 aromatic heterocycles. The summed E-state index contributed by atoms with van der Waals surface area (Å²) in [5.74, 6) is 1.08. The molecule has 0 saturated heterocycles. The third-order valence-corrected chi connectivity index (χ3v) is 3.56. The van der Waals surface area contributed by atoms with Gasteiger partial charge in [-0.1, -0.05) is 18.2 Å². The average Bonchev–Trinajstić information content (AvgIpc) is 2.59. The van der Waals surface area contributed by atoms with Gasteiger partial charge in [-0.2, -0.15) is 0 Å². The Morgan fingerprint density at radius 2 is 1.57 bits per heavy atom. The Hall–Kier alpha value is -2.53. The van der Waals surface area contributed by atoms with E-state index in [1.54, 1.807) is 43.3 Å². The Balaban J connectivity index is 2.49. The van der Waals surface area contributed by atoms with E-state index in [2.05, 4.69) is 0 Å². The lowest BCUT2D eigenvalue weighted by atomic mass is 9.99. The highest BCUT2D eigenvalue weighted by Gasteiger charge is 2.18. The first kappa shape index (κ1) is 16.8. The highest BCUT2D eigenvalue weighted by atomic mass is 16.5. The molecule has 0 radical (unpaired) electrons. The highest BCUT2D eigenvalue weighted by molar-refractivity contribution is 6.09. The zero-order valence-electron chi connectivity index (χ0n) is 13.6. The Morgan fingerprint density at radius 1 is 0.957 bits per heavy atom. The van der Waals surface area contributed by atoms with Crippen LogP contribution in [0.4, 0.5) is 0 Å². The fraction of sp³-hybridized carbons (Fsp3) is 0.278. The summed E-state index contributed by atoms with van der Waals surface area (Å²) in [5.41, 5.74) is 1.59. The summed E-state index contributed by atoms with van der Waals surface area (Å²) in [6.45, 7) is 1.66. The molecule has 0 spiro atoms. The van der Waals surface area contributed by atoms with E-state index >= 15 is 0 Å². The second-order valence-electron chi connectivity index (χ2n) is 5.04. The highest BCUT2D eigenvalue weighted by Crippen LogP contribution is 2.38. The van der Waals surface area contributed by atoms with Gasteiger partial charge in [0.15, 0.2) is 17.3 Å². The molecule has 0 heterocycles. The lowest BCUT2D eigenvalue weighted by Crippen LogP contribution is -2.05. The topological polar surface area (TPSA) is 65.0 Å². The van der Waals surface area contributed by atoms with Crippen LogP contribution in [0.3, 0.4) is 0 Å². The van der Waals surface area contributed by atoms with Gasteiger partial charge in [-0.25, -0.2) is 0 Å². The van der Waals surface area contributed by atoms with Crippen molar-refractivity contribution in [2.45, 2.75) is 13.0 Å². The molecule has 0 aliphatic rings. The molecule has 2 rings (SSSR count). The van der Waals surface area contributed by atoms with E-state index in [1.807, 2.05) is 0 Å². The van der Waals surface area contributed by atoms with Crippen molar-refractivity contribution in [1.82, 2.24) is 0 Å². The van der Waals surface area contributed by atoms with Gasteiger partial charge < -0.3 is 19.3 Å². The maximum atomic E-state index is 12.7. The van der Waals surface area contributed by atoms with Crippen LogP contribution in [-0.4, -0.2) is 32.2 Å². The van der Waals surface area contributed by atoms with Gasteiger partial charge in [0.2, 0.25) is 5.75 Å². The van der Waals surface area contributed by atoms with Crippen LogP contribution in [0.2, 0.25) is 0 Å². The predicted octanol–water partition coefficient (Wildman–Crippen LogP) is 3.00. The van der Waals surface area contributed by atoms with E-state index in [4.69, 9.17) is 14.2 Å². The summed E-state index contributed by atoms with van der Waals surface area (Å²) in [5, 5.41) is 9.67. The van der Waals surface area contributed by atoms with Crippen molar-refractivity contribution < 1.29 is 24.1 Å². The van der Waals surface area contributed by atoms with Gasteiger partial charge in [-0.05, 0) is 30.7 Å². The van der Waals surface area contributed by atoms with Crippen LogP contribution in [0.5, 0.6) is 17.2 Å². The van der Waals surface area contributed by atoms with E-state index in [1.165, 1.54) is 21.3 Å². The normalized spacial score (nSPS) is 11.7. The standard InChI is InChI=1S/C18H20O5/c1-11(19)12-6-5-7-13(8-12)17(20)14-9-15(21-2)18(23-4)16(10-14)22-3/h5-11,19H,1-4H3. The molecule has 0 fully saturated rings. The molecule has 0 aliphatic heterocycles. The van der Waals surface area contributed by atoms with Crippen LogP contribution in [0.15, 0.2) is 36.4 Å². The van der Waals surface area contributed by atoms with Gasteiger partial charge in [0.1, 0.15) is 0 Å². The first-order valence-electron chi connectivity index (χ1n) is 7.14. The first-order valence-corrected chi connectivity index (χ1v) is 7.14. The molecule has 0 aliphatic carbocycles. The van der Waals surface area contributed by atoms with Gasteiger partial charge in [-0.15, -0.1) is 0 Å². The second kappa shape index (κ2) is 7.15. The van der Waals surface area contributed by atoms with Crippen molar-refractivity contribution in [2.24, 2.45) is 0 Å². The van der Waals surface area contributed by atoms with Gasteiger partial charge in [0, 0.05) is 11.1 Å². The summed E-state index contributed by atoms with van der Waals surface area (Å²) in [4.78, 5) is 12.7. The molecule has 1 atom stereocenters. The lowest BCUT2D eigenvalue weighted by Gasteiger charge is -2.14. The van der Waals surface area contributed by atoms with Gasteiger partial charge in [0.25, 0.3) is 0 Å². The zero-order chi connectivity index (χ0) is 17.0. The van der Waals surface area contributed by atoms with Crippen molar-refractivity contribution in [1.29, 1.82) is 0 Å². The minimum absolute atomic E-state index is 0.188. The number of benzene rings is 2. The van der Waals surface area contributed by atoms with E-state index in [0.29, 0.717) is 33.9 Å². The lowest BCUT2D eigenvalue weighted by molar-refractivity contribution is 0.103. The molecular formula is C18H20O5. The smallest absolute Gasteiger partial charge is 0.203 e. The summed E-state index contributed by atoms with van der Waals surface area (Å²) < 4.78 is 15.8. The maximum Gasteiger partial charge on any atom is 0.203 e. The number of carbonyl (C=O) groups is 1. The zero-order valence-corrected chi connectivity index (χ0v) is 13.6. The average molecular weight is 316 g/mol. The Morgan fingerprint density at radius 3 is 2.04 bits per heavy atom. The van der Waals surface area contributed by atoms with Crippen LogP contribution >= 0.6 is 0 Å². The first-order chi connectivity index (χ1) is 11.0. The molecule has 0 saturated carbocycles. The van der Waals surface area contributed by atoms with Crippen molar-refractivity contribution in [3.63, 3.8) is 0 Å². The van der Waals surface area contributed by atoms with Crippen molar-refractivity contribution in [2.75, 3.05) is 21.3 Å². The molecule has 1 unspecified atom stereocenters. The monoisotopic (exact) mass is 316 g/mol. The Bertz CT molecular complexity index is 681. The van der Waals surface area contributed by atoms with E-state index in [-0.39, 0.29) is 5.78 Å². The minimum Gasteiger partial charge on any atom is -0.493 e. The molecule has 5 heteroatoms. The van der Waals surface area contributed by atoms with E-state index in [0.717, 1.165) is 0 Å². The fourth-order valence-electron chi connectivity index (χ4n) is 2.32. The van der Waals surface area contributed by atoms with E-state index < -0.39 is 6.10 Å². The molecule has 23 heavy (non-hydrogen) atoms. The summed E-state index contributed by atoms with van der Waals surface area (Å²) >= 11 is 0. The third kappa shape index (κ3) is 3.46. The number of hydrogen-bond acceptors (Lipinski definition) is 5. The predicted molar refractivity (Wildman–Crippen MR) is 86.6 cm³/mol. The number of aliphatic hydroxyl groups excluding tert-OH is 1. The van der Waals surface area contributed by atoms with Crippen LogP contribution in [0.25, 0.3) is 0 Å². The minimum atomic E-state index is -0.636. The van der Waals surface area contributed by atoms with Crippen LogP contribution in [0.1, 0.15) is 34.5 Å². The second-order valence-corrected chi connectivity index (χ2v) is 5.04. The number of aliphatic hydroxyl groups is 1. The molecule has 5 nitrogen and oxygen atoms in total. The van der Waals surface area contributed by atoms with Gasteiger partial charge >= 0.3 is 0 Å². The SMILES string of the molecule is COc1cc(C(=O)c2cccc(C(C)O)c2)cc(OC)c1OC. The number of ether oxygens (including phenoxy) is 3. The molecule has 2 aromatic carbocycles. The number of ketones is 1. The van der Waals surface area contributed by atoms with Gasteiger partial charge in [-0.3, -0.25) is 4.79 Å². The van der Waals surface area contributed by atoms with Gasteiger partial charge in [0.05, 0.1) is 27.4 Å². The Kier molecular flexibility index (Phi) is 5.24. The molecular weight excluding hydrogens is 296 g/mol. The third-order valence-electron chi connectivity index (χ3n) is 3.56. The number of carbonyl (C=O) groups excluding carboxylic acids is 1. The Labute approximate surface area is 135 Å². The van der Waals surface area contributed by atoms with Crippen molar-refractivity contribution in [3.05, 3.63) is 53.1 Å². The van der Waals surface area contributed by atoms with Crippen molar-refractivity contribution in [3.8, 4) is 17.2 Å². The molecule has 1 N–H and O–H groups in total. The molecule has 122 valence electrons. The number of hydrogen-bond donors (Lipinski definition) is 1. The quantitative estimate of drug-likeness (QED) is 0.830. The molecule has 2 aromatic rings. The summed E-state index contributed by atoms with van der Waals surface area (Å²) in [6.07, 6.45) is -0.636. The van der Waals surface area contributed by atoms with Crippen molar-refractivity contribution >= 4 is 5.78 Å². The van der Waals surface area contributed by atoms with Crippen LogP contribution in [-0.2, 0) is 0 Å². The summed E-state index contributed by atoms with van der Waals surface area (Å²) in [7, 11) is 4.51. The molecule has 0 bridgehead atoms.